The zero-order valence-corrected chi connectivity index (χ0v) is 17.3. The van der Waals surface area contributed by atoms with Gasteiger partial charge in [-0.25, -0.2) is 4.98 Å². The van der Waals surface area contributed by atoms with Gasteiger partial charge < -0.3 is 14.5 Å². The molecule has 5 heteroatoms. The fraction of sp³-hybridized carbons (Fsp3) is 0.280. The van der Waals surface area contributed by atoms with Gasteiger partial charge in [0.25, 0.3) is 5.91 Å². The first kappa shape index (κ1) is 20.1. The zero-order valence-electron chi connectivity index (χ0n) is 17.3. The highest BCUT2D eigenvalue weighted by Gasteiger charge is 2.24. The summed E-state index contributed by atoms with van der Waals surface area (Å²) < 4.78 is 5.52. The molecule has 0 atom stereocenters. The summed E-state index contributed by atoms with van der Waals surface area (Å²) in [6.45, 7) is 5.99. The van der Waals surface area contributed by atoms with E-state index in [4.69, 9.17) is 9.72 Å². The van der Waals surface area contributed by atoms with Crippen molar-refractivity contribution in [3.05, 3.63) is 83.9 Å². The molecule has 2 aromatic carbocycles. The van der Waals surface area contributed by atoms with Crippen LogP contribution in [-0.4, -0.2) is 48.6 Å². The lowest BCUT2D eigenvalue weighted by atomic mass is 10.1. The molecule has 30 heavy (non-hydrogen) atoms. The molecule has 0 bridgehead atoms. The van der Waals surface area contributed by atoms with Crippen LogP contribution in [0.5, 0.6) is 0 Å². The number of anilines is 1. The number of nitrogens with zero attached hydrogens (tertiary/aromatic N) is 3. The molecule has 1 fully saturated rings. The van der Waals surface area contributed by atoms with Crippen molar-refractivity contribution in [3.63, 3.8) is 0 Å². The SMILES string of the molecule is CCN(Cc1ccccc1)C(=O)c1ccc(-c2ccccc2)nc1N1CCOCC1. The smallest absolute Gasteiger partial charge is 0.257 e. The van der Waals surface area contributed by atoms with E-state index in [0.29, 0.717) is 31.9 Å². The second-order valence-corrected chi connectivity index (χ2v) is 7.34. The highest BCUT2D eigenvalue weighted by Crippen LogP contribution is 2.26. The quantitative estimate of drug-likeness (QED) is 0.620. The number of morpholine rings is 1. The van der Waals surface area contributed by atoms with Gasteiger partial charge in [-0.2, -0.15) is 0 Å². The highest BCUT2D eigenvalue weighted by molar-refractivity contribution is 5.99. The van der Waals surface area contributed by atoms with E-state index in [9.17, 15) is 4.79 Å². The standard InChI is InChI=1S/C25H27N3O2/c1-2-27(19-20-9-5-3-6-10-20)25(29)22-13-14-23(21-11-7-4-8-12-21)26-24(22)28-15-17-30-18-16-28/h3-14H,2,15-19H2,1H3. The van der Waals surface area contributed by atoms with Crippen LogP contribution in [0.2, 0.25) is 0 Å². The molecule has 0 aliphatic carbocycles. The number of aromatic nitrogens is 1. The monoisotopic (exact) mass is 401 g/mol. The summed E-state index contributed by atoms with van der Waals surface area (Å²) >= 11 is 0. The van der Waals surface area contributed by atoms with Crippen molar-refractivity contribution in [3.8, 4) is 11.3 Å². The van der Waals surface area contributed by atoms with Gasteiger partial charge in [0.1, 0.15) is 5.82 Å². The summed E-state index contributed by atoms with van der Waals surface area (Å²) in [6, 6.07) is 24.1. The van der Waals surface area contributed by atoms with Crippen LogP contribution < -0.4 is 4.90 Å². The number of benzene rings is 2. The van der Waals surface area contributed by atoms with E-state index in [1.165, 1.54) is 0 Å². The van der Waals surface area contributed by atoms with Gasteiger partial charge in [0.2, 0.25) is 0 Å². The van der Waals surface area contributed by atoms with Gasteiger partial charge in [-0.15, -0.1) is 0 Å². The van der Waals surface area contributed by atoms with E-state index in [2.05, 4.69) is 17.0 Å². The Hall–Kier alpha value is -3.18. The Kier molecular flexibility index (Phi) is 6.40. The Morgan fingerprint density at radius 1 is 0.967 bits per heavy atom. The average Bonchev–Trinajstić information content (AvgIpc) is 2.83. The molecule has 5 nitrogen and oxygen atoms in total. The van der Waals surface area contributed by atoms with E-state index in [1.54, 1.807) is 0 Å². The minimum atomic E-state index is 0.00922. The number of amides is 1. The summed E-state index contributed by atoms with van der Waals surface area (Å²) in [5.41, 5.74) is 3.69. The predicted molar refractivity (Wildman–Crippen MR) is 120 cm³/mol. The molecule has 1 aromatic heterocycles. The number of ether oxygens (including phenoxy) is 1. The molecule has 0 unspecified atom stereocenters. The molecule has 0 saturated carbocycles. The van der Waals surface area contributed by atoms with Gasteiger partial charge in [0.15, 0.2) is 0 Å². The Labute approximate surface area is 177 Å². The predicted octanol–water partition coefficient (Wildman–Crippen LogP) is 4.25. The molecule has 0 radical (unpaired) electrons. The molecule has 4 rings (SSSR count). The minimum Gasteiger partial charge on any atom is -0.378 e. The highest BCUT2D eigenvalue weighted by atomic mass is 16.5. The van der Waals surface area contributed by atoms with Crippen molar-refractivity contribution in [2.24, 2.45) is 0 Å². The number of hydrogen-bond acceptors (Lipinski definition) is 4. The van der Waals surface area contributed by atoms with Crippen molar-refractivity contribution >= 4 is 11.7 Å². The largest absolute Gasteiger partial charge is 0.378 e. The Balaban J connectivity index is 1.69. The van der Waals surface area contributed by atoms with Crippen molar-refractivity contribution < 1.29 is 9.53 Å². The number of pyridine rings is 1. The lowest BCUT2D eigenvalue weighted by Crippen LogP contribution is -2.39. The van der Waals surface area contributed by atoms with Gasteiger partial charge in [0, 0.05) is 31.7 Å². The van der Waals surface area contributed by atoms with Crippen molar-refractivity contribution in [1.82, 2.24) is 9.88 Å². The molecule has 1 amide bonds. The molecule has 1 aliphatic heterocycles. The van der Waals surface area contributed by atoms with Gasteiger partial charge in [-0.1, -0.05) is 60.7 Å². The molecular weight excluding hydrogens is 374 g/mol. The van der Waals surface area contributed by atoms with E-state index in [0.717, 1.165) is 35.7 Å². The second kappa shape index (κ2) is 9.55. The van der Waals surface area contributed by atoms with Crippen molar-refractivity contribution in [1.29, 1.82) is 0 Å². The van der Waals surface area contributed by atoms with Crippen molar-refractivity contribution in [2.75, 3.05) is 37.7 Å². The lowest BCUT2D eigenvalue weighted by molar-refractivity contribution is 0.0751. The minimum absolute atomic E-state index is 0.00922. The Bertz CT molecular complexity index is 970. The summed E-state index contributed by atoms with van der Waals surface area (Å²) in [5.74, 6) is 0.756. The maximum Gasteiger partial charge on any atom is 0.257 e. The van der Waals surface area contributed by atoms with Crippen molar-refractivity contribution in [2.45, 2.75) is 13.5 Å². The Morgan fingerprint density at radius 2 is 1.63 bits per heavy atom. The second-order valence-electron chi connectivity index (χ2n) is 7.34. The van der Waals surface area contributed by atoms with Crippen LogP contribution in [0.4, 0.5) is 5.82 Å². The number of carbonyl (C=O) groups is 1. The van der Waals surface area contributed by atoms with Gasteiger partial charge >= 0.3 is 0 Å². The summed E-state index contributed by atoms with van der Waals surface area (Å²) in [6.07, 6.45) is 0. The summed E-state index contributed by atoms with van der Waals surface area (Å²) in [7, 11) is 0. The molecule has 2 heterocycles. The lowest BCUT2D eigenvalue weighted by Gasteiger charge is -2.31. The number of carbonyl (C=O) groups excluding carboxylic acids is 1. The van der Waals surface area contributed by atoms with Gasteiger partial charge in [0.05, 0.1) is 24.5 Å². The normalized spacial score (nSPS) is 13.8. The first-order chi connectivity index (χ1) is 14.8. The van der Waals surface area contributed by atoms with Crippen LogP contribution in [0.15, 0.2) is 72.8 Å². The number of hydrogen-bond donors (Lipinski definition) is 0. The third-order valence-corrected chi connectivity index (χ3v) is 5.37. The molecule has 1 aliphatic rings. The van der Waals surface area contributed by atoms with Crippen LogP contribution in [0.3, 0.4) is 0 Å². The van der Waals surface area contributed by atoms with Crippen LogP contribution >= 0.6 is 0 Å². The van der Waals surface area contributed by atoms with Crippen LogP contribution in [0, 0.1) is 0 Å². The molecule has 0 spiro atoms. The molecule has 3 aromatic rings. The Morgan fingerprint density at radius 3 is 2.30 bits per heavy atom. The zero-order chi connectivity index (χ0) is 20.8. The van der Waals surface area contributed by atoms with Crippen LogP contribution in [0.25, 0.3) is 11.3 Å². The fourth-order valence-electron chi connectivity index (χ4n) is 3.70. The third-order valence-electron chi connectivity index (χ3n) is 5.37. The first-order valence-corrected chi connectivity index (χ1v) is 10.5. The van der Waals surface area contributed by atoms with Gasteiger partial charge in [-0.3, -0.25) is 4.79 Å². The topological polar surface area (TPSA) is 45.7 Å². The molecule has 154 valence electrons. The van der Waals surface area contributed by atoms with E-state index in [1.807, 2.05) is 72.5 Å². The van der Waals surface area contributed by atoms with E-state index >= 15 is 0 Å². The van der Waals surface area contributed by atoms with Crippen LogP contribution in [-0.2, 0) is 11.3 Å². The summed E-state index contributed by atoms with van der Waals surface area (Å²) in [5, 5.41) is 0. The number of rotatable bonds is 6. The average molecular weight is 402 g/mol. The fourth-order valence-corrected chi connectivity index (χ4v) is 3.70. The maximum absolute atomic E-state index is 13.5. The van der Waals surface area contributed by atoms with Gasteiger partial charge in [-0.05, 0) is 24.6 Å². The maximum atomic E-state index is 13.5. The van der Waals surface area contributed by atoms with Crippen LogP contribution in [0.1, 0.15) is 22.8 Å². The molecule has 1 saturated heterocycles. The van der Waals surface area contributed by atoms with E-state index < -0.39 is 0 Å². The van der Waals surface area contributed by atoms with E-state index in [-0.39, 0.29) is 5.91 Å². The molecule has 0 N–H and O–H groups in total. The first-order valence-electron chi connectivity index (χ1n) is 10.5. The molecular formula is C25H27N3O2. The third kappa shape index (κ3) is 4.52. The summed E-state index contributed by atoms with van der Waals surface area (Å²) in [4.78, 5) is 22.5.